The quantitative estimate of drug-likeness (QED) is 0.331. The molecule has 1 aromatic carbocycles. The first-order valence-electron chi connectivity index (χ1n) is 9.66. The van der Waals surface area contributed by atoms with Gasteiger partial charge in [0.1, 0.15) is 5.75 Å². The molecule has 0 saturated heterocycles. The molecule has 154 valence electrons. The molecule has 0 saturated carbocycles. The zero-order valence-electron chi connectivity index (χ0n) is 16.9. The van der Waals surface area contributed by atoms with Crippen LogP contribution in [0.4, 0.5) is 0 Å². The summed E-state index contributed by atoms with van der Waals surface area (Å²) in [4.78, 5) is 18.6. The van der Waals surface area contributed by atoms with Gasteiger partial charge < -0.3 is 29.9 Å². The van der Waals surface area contributed by atoms with E-state index >= 15 is 0 Å². The summed E-state index contributed by atoms with van der Waals surface area (Å²) >= 11 is 5.48. The van der Waals surface area contributed by atoms with E-state index in [1.165, 1.54) is 4.90 Å². The molecule has 0 bridgehead atoms. The number of rotatable bonds is 10. The maximum atomic E-state index is 12.5. The summed E-state index contributed by atoms with van der Waals surface area (Å²) in [6, 6.07) is 7.46. The van der Waals surface area contributed by atoms with Gasteiger partial charge in [-0.3, -0.25) is 4.79 Å². The number of hydrogen-bond acceptors (Lipinski definition) is 4. The zero-order chi connectivity index (χ0) is 20.5. The number of hydrogen-bond donors (Lipinski definition) is 4. The van der Waals surface area contributed by atoms with Crippen LogP contribution in [0.5, 0.6) is 5.75 Å². The van der Waals surface area contributed by atoms with Gasteiger partial charge in [0, 0.05) is 36.0 Å². The van der Waals surface area contributed by atoms with Gasteiger partial charge in [-0.05, 0) is 43.4 Å². The lowest BCUT2D eigenvalue weighted by Crippen LogP contribution is -3.05. The number of aromatic nitrogens is 1. The average molecular weight is 408 g/mol. The van der Waals surface area contributed by atoms with Gasteiger partial charge in [-0.15, -0.1) is 0 Å². The Morgan fingerprint density at radius 3 is 2.82 bits per heavy atom. The van der Waals surface area contributed by atoms with E-state index in [9.17, 15) is 9.90 Å². The van der Waals surface area contributed by atoms with Crippen LogP contribution in [0.25, 0.3) is 10.9 Å². The fourth-order valence-electron chi connectivity index (χ4n) is 2.93. The number of aliphatic hydroxyl groups excluding tert-OH is 1. The number of nitrogens with one attached hydrogen (secondary N) is 3. The lowest BCUT2D eigenvalue weighted by molar-refractivity contribution is -0.858. The molecule has 1 heterocycles. The fourth-order valence-corrected chi connectivity index (χ4v) is 3.19. The molecule has 4 N–H and O–H groups in total. The molecule has 0 aliphatic heterocycles. The van der Waals surface area contributed by atoms with Crippen LogP contribution in [-0.2, 0) is 6.54 Å². The highest BCUT2D eigenvalue weighted by molar-refractivity contribution is 7.80. The minimum absolute atomic E-state index is 0.0381. The Kier molecular flexibility index (Phi) is 8.69. The first-order valence-corrected chi connectivity index (χ1v) is 10.1. The molecular formula is C20H31N4O3S+. The Bertz CT molecular complexity index is 838. The van der Waals surface area contributed by atoms with Crippen LogP contribution in [0.3, 0.4) is 0 Å². The van der Waals surface area contributed by atoms with Crippen LogP contribution >= 0.6 is 12.2 Å². The van der Waals surface area contributed by atoms with Gasteiger partial charge in [0.2, 0.25) is 0 Å². The van der Waals surface area contributed by atoms with E-state index in [-0.39, 0.29) is 12.2 Å². The number of ether oxygens (including phenoxy) is 1. The maximum Gasteiger partial charge on any atom is 0.253 e. The number of nitrogens with zero attached hydrogens (tertiary/aromatic N) is 1. The molecule has 0 atom stereocenters. The molecule has 0 aliphatic carbocycles. The molecule has 1 aromatic heterocycles. The predicted octanol–water partition coefficient (Wildman–Crippen LogP) is 0.130. The molecular weight excluding hydrogens is 376 g/mol. The van der Waals surface area contributed by atoms with Crippen molar-refractivity contribution in [3.63, 3.8) is 0 Å². The van der Waals surface area contributed by atoms with E-state index in [0.29, 0.717) is 30.4 Å². The van der Waals surface area contributed by atoms with Crippen molar-refractivity contribution in [2.24, 2.45) is 0 Å². The Hall–Kier alpha value is -2.16. The van der Waals surface area contributed by atoms with Crippen molar-refractivity contribution in [1.82, 2.24) is 15.2 Å². The summed E-state index contributed by atoms with van der Waals surface area (Å²) in [5.74, 6) is 0.764. The van der Waals surface area contributed by atoms with E-state index in [4.69, 9.17) is 17.0 Å². The molecule has 2 rings (SSSR count). The molecule has 0 radical (unpaired) electrons. The number of H-pyrrole nitrogens is 1. The summed E-state index contributed by atoms with van der Waals surface area (Å²) in [5, 5.41) is 14.1. The third-order valence-electron chi connectivity index (χ3n) is 4.35. The number of aliphatic hydroxyl groups is 1. The molecule has 8 heteroatoms. The lowest BCUT2D eigenvalue weighted by Gasteiger charge is -2.25. The third-order valence-corrected chi connectivity index (χ3v) is 4.75. The SMILES string of the molecule is CCOc1ccc2[nH]c(=O)c(CN(CCO)C(=S)NCCC[NH+](C)C)cc2c1. The van der Waals surface area contributed by atoms with Crippen molar-refractivity contribution < 1.29 is 14.7 Å². The van der Waals surface area contributed by atoms with Gasteiger partial charge in [-0.25, -0.2) is 0 Å². The van der Waals surface area contributed by atoms with Crippen LogP contribution < -0.4 is 20.5 Å². The van der Waals surface area contributed by atoms with E-state index in [1.54, 1.807) is 0 Å². The number of quaternary nitrogens is 1. The van der Waals surface area contributed by atoms with Crippen LogP contribution in [-0.4, -0.2) is 67.0 Å². The van der Waals surface area contributed by atoms with Gasteiger partial charge in [0.15, 0.2) is 5.11 Å². The van der Waals surface area contributed by atoms with Gasteiger partial charge in [-0.2, -0.15) is 0 Å². The molecule has 28 heavy (non-hydrogen) atoms. The van der Waals surface area contributed by atoms with Crippen LogP contribution in [0, 0.1) is 0 Å². The van der Waals surface area contributed by atoms with Crippen LogP contribution in [0.1, 0.15) is 18.9 Å². The van der Waals surface area contributed by atoms with Crippen LogP contribution in [0.15, 0.2) is 29.1 Å². The number of pyridine rings is 1. The smallest absolute Gasteiger partial charge is 0.253 e. The molecule has 2 aromatic rings. The van der Waals surface area contributed by atoms with E-state index < -0.39 is 0 Å². The van der Waals surface area contributed by atoms with Crippen molar-refractivity contribution in [2.75, 3.05) is 46.9 Å². The standard InChI is InChI=1S/C20H30N4O3S/c1-4-27-17-6-7-18-15(13-17)12-16(19(26)22-18)14-24(10-11-25)20(28)21-8-5-9-23(2)3/h6-7,12-13,25H,4-5,8-11,14H2,1-3H3,(H,21,28)(H,22,26)/p+1. The third kappa shape index (κ3) is 6.47. The van der Waals surface area contributed by atoms with Crippen molar-refractivity contribution >= 4 is 28.2 Å². The summed E-state index contributed by atoms with van der Waals surface area (Å²) in [5.41, 5.74) is 1.20. The van der Waals surface area contributed by atoms with Crippen molar-refractivity contribution in [1.29, 1.82) is 0 Å². The molecule has 0 aliphatic rings. The second kappa shape index (κ2) is 11.0. The average Bonchev–Trinajstić information content (AvgIpc) is 2.65. The minimum Gasteiger partial charge on any atom is -0.494 e. The number of thiocarbonyl (C=S) groups is 1. The van der Waals surface area contributed by atoms with Gasteiger partial charge in [0.25, 0.3) is 5.56 Å². The summed E-state index contributed by atoms with van der Waals surface area (Å²) < 4.78 is 5.55. The Morgan fingerprint density at radius 1 is 1.36 bits per heavy atom. The molecule has 0 fully saturated rings. The second-order valence-electron chi connectivity index (χ2n) is 6.99. The number of aromatic amines is 1. The van der Waals surface area contributed by atoms with E-state index in [2.05, 4.69) is 24.4 Å². The summed E-state index contributed by atoms with van der Waals surface area (Å²) in [6.45, 7) is 4.98. The van der Waals surface area contributed by atoms with Crippen molar-refractivity contribution in [3.8, 4) is 5.75 Å². The highest BCUT2D eigenvalue weighted by Gasteiger charge is 2.13. The Morgan fingerprint density at radius 2 is 2.14 bits per heavy atom. The Labute approximate surface area is 171 Å². The highest BCUT2D eigenvalue weighted by atomic mass is 32.1. The number of fused-ring (bicyclic) bond motifs is 1. The molecule has 0 amide bonds. The monoisotopic (exact) mass is 407 g/mol. The molecule has 7 nitrogen and oxygen atoms in total. The fraction of sp³-hybridized carbons (Fsp3) is 0.500. The predicted molar refractivity (Wildman–Crippen MR) is 116 cm³/mol. The number of benzene rings is 1. The first kappa shape index (κ1) is 22.1. The normalized spacial score (nSPS) is 11.0. The topological polar surface area (TPSA) is 82.0 Å². The maximum absolute atomic E-state index is 12.5. The van der Waals surface area contributed by atoms with Gasteiger partial charge >= 0.3 is 0 Å². The molecule has 0 spiro atoms. The van der Waals surface area contributed by atoms with Gasteiger partial charge in [0.05, 0.1) is 40.4 Å². The lowest BCUT2D eigenvalue weighted by atomic mass is 10.1. The zero-order valence-corrected chi connectivity index (χ0v) is 17.7. The highest BCUT2D eigenvalue weighted by Crippen LogP contribution is 2.19. The van der Waals surface area contributed by atoms with Crippen molar-refractivity contribution in [3.05, 3.63) is 40.2 Å². The largest absolute Gasteiger partial charge is 0.494 e. The minimum atomic E-state index is -0.154. The second-order valence-corrected chi connectivity index (χ2v) is 7.38. The first-order chi connectivity index (χ1) is 13.4. The van der Waals surface area contributed by atoms with Crippen molar-refractivity contribution in [2.45, 2.75) is 19.9 Å². The van der Waals surface area contributed by atoms with Crippen LogP contribution in [0.2, 0.25) is 0 Å². The molecule has 0 unspecified atom stereocenters. The van der Waals surface area contributed by atoms with E-state index in [0.717, 1.165) is 36.2 Å². The Balaban J connectivity index is 2.14. The summed E-state index contributed by atoms with van der Waals surface area (Å²) in [7, 11) is 4.22. The van der Waals surface area contributed by atoms with Gasteiger partial charge in [-0.1, -0.05) is 0 Å². The van der Waals surface area contributed by atoms with E-state index in [1.807, 2.05) is 36.1 Å². The summed E-state index contributed by atoms with van der Waals surface area (Å²) in [6.07, 6.45) is 0.992.